The summed E-state index contributed by atoms with van der Waals surface area (Å²) in [6, 6.07) is 6.26. The number of hydrogen-bond donors (Lipinski definition) is 1. The van der Waals surface area contributed by atoms with Gasteiger partial charge in [-0.25, -0.2) is 0 Å². The zero-order valence-electron chi connectivity index (χ0n) is 13.1. The lowest BCUT2D eigenvalue weighted by molar-refractivity contribution is -0.132. The number of halogens is 2. The molecule has 1 N–H and O–H groups in total. The first kappa shape index (κ1) is 17.6. The summed E-state index contributed by atoms with van der Waals surface area (Å²) in [6.45, 7) is -0.658. The number of ether oxygens (including phenoxy) is 1. The maximum absolute atomic E-state index is 12.2. The van der Waals surface area contributed by atoms with Crippen molar-refractivity contribution in [2.75, 3.05) is 26.7 Å². The molecule has 5 nitrogen and oxygen atoms in total. The van der Waals surface area contributed by atoms with Gasteiger partial charge in [-0.1, -0.05) is 12.1 Å². The lowest BCUT2D eigenvalue weighted by Gasteiger charge is -2.30. The van der Waals surface area contributed by atoms with E-state index < -0.39 is 6.61 Å². The number of benzene rings is 1. The number of aliphatic hydroxyl groups excluding tert-OH is 1. The molecule has 0 unspecified atom stereocenters. The SMILES string of the molecule is CN(Cc1ccc(OC(F)F)cc1)C(=O)CN1CCC(O)CC1. The van der Waals surface area contributed by atoms with Gasteiger partial charge >= 0.3 is 6.61 Å². The number of alkyl halides is 2. The van der Waals surface area contributed by atoms with Crippen molar-refractivity contribution in [1.82, 2.24) is 9.80 Å². The van der Waals surface area contributed by atoms with E-state index in [4.69, 9.17) is 0 Å². The molecule has 0 atom stereocenters. The average Bonchev–Trinajstić information content (AvgIpc) is 2.51. The van der Waals surface area contributed by atoms with Crippen LogP contribution < -0.4 is 4.74 Å². The fraction of sp³-hybridized carbons (Fsp3) is 0.562. The van der Waals surface area contributed by atoms with Crippen molar-refractivity contribution in [2.45, 2.75) is 32.1 Å². The summed E-state index contributed by atoms with van der Waals surface area (Å²) >= 11 is 0. The predicted molar refractivity (Wildman–Crippen MR) is 81.2 cm³/mol. The molecule has 1 aliphatic rings. The van der Waals surface area contributed by atoms with Gasteiger partial charge in [0.25, 0.3) is 0 Å². The second-order valence-corrected chi connectivity index (χ2v) is 5.78. The van der Waals surface area contributed by atoms with Crippen molar-refractivity contribution in [3.05, 3.63) is 29.8 Å². The number of nitrogens with zero attached hydrogens (tertiary/aromatic N) is 2. The number of rotatable bonds is 6. The van der Waals surface area contributed by atoms with Crippen molar-refractivity contribution in [3.63, 3.8) is 0 Å². The topological polar surface area (TPSA) is 53.0 Å². The number of hydrogen-bond acceptors (Lipinski definition) is 4. The lowest BCUT2D eigenvalue weighted by Crippen LogP contribution is -2.43. The van der Waals surface area contributed by atoms with Gasteiger partial charge in [-0.3, -0.25) is 9.69 Å². The Hall–Kier alpha value is -1.73. The predicted octanol–water partition coefficient (Wildman–Crippen LogP) is 1.70. The largest absolute Gasteiger partial charge is 0.435 e. The summed E-state index contributed by atoms with van der Waals surface area (Å²) < 4.78 is 28.5. The van der Waals surface area contributed by atoms with Gasteiger partial charge in [-0.15, -0.1) is 0 Å². The third-order valence-electron chi connectivity index (χ3n) is 3.91. The van der Waals surface area contributed by atoms with Crippen LogP contribution in [0, 0.1) is 0 Å². The highest BCUT2D eigenvalue weighted by Crippen LogP contribution is 2.16. The van der Waals surface area contributed by atoms with E-state index in [1.165, 1.54) is 12.1 Å². The van der Waals surface area contributed by atoms with Gasteiger partial charge in [0, 0.05) is 26.7 Å². The fourth-order valence-electron chi connectivity index (χ4n) is 2.53. The van der Waals surface area contributed by atoms with E-state index in [0.29, 0.717) is 25.9 Å². The Morgan fingerprint density at radius 1 is 1.35 bits per heavy atom. The van der Waals surface area contributed by atoms with E-state index in [1.54, 1.807) is 24.1 Å². The smallest absolute Gasteiger partial charge is 0.387 e. The summed E-state index contributed by atoms with van der Waals surface area (Å²) in [5.74, 6) is 0.0962. The number of amides is 1. The van der Waals surface area contributed by atoms with Crippen molar-refractivity contribution in [1.29, 1.82) is 0 Å². The molecule has 128 valence electrons. The van der Waals surface area contributed by atoms with Gasteiger partial charge < -0.3 is 14.7 Å². The molecule has 1 heterocycles. The minimum atomic E-state index is -2.84. The first-order valence-corrected chi connectivity index (χ1v) is 7.62. The van der Waals surface area contributed by atoms with Crippen LogP contribution in [-0.2, 0) is 11.3 Å². The molecule has 1 amide bonds. The molecule has 0 bridgehead atoms. The molecule has 1 aromatic rings. The first-order valence-electron chi connectivity index (χ1n) is 7.62. The molecule has 0 aromatic heterocycles. The summed E-state index contributed by atoms with van der Waals surface area (Å²) in [6.07, 6.45) is 1.14. The number of likely N-dealkylation sites (N-methyl/N-ethyl adjacent to an activating group) is 1. The molecule has 1 aliphatic heterocycles. The van der Waals surface area contributed by atoms with Crippen LogP contribution in [0.5, 0.6) is 5.75 Å². The van der Waals surface area contributed by atoms with E-state index in [1.807, 2.05) is 4.90 Å². The summed E-state index contributed by atoms with van der Waals surface area (Å²) in [4.78, 5) is 15.8. The van der Waals surface area contributed by atoms with Crippen LogP contribution in [0.1, 0.15) is 18.4 Å². The van der Waals surface area contributed by atoms with Crippen LogP contribution in [0.25, 0.3) is 0 Å². The zero-order valence-corrected chi connectivity index (χ0v) is 13.1. The molecular weight excluding hydrogens is 306 g/mol. The van der Waals surface area contributed by atoms with Crippen LogP contribution in [0.15, 0.2) is 24.3 Å². The van der Waals surface area contributed by atoms with Gasteiger partial charge in [-0.05, 0) is 30.5 Å². The Balaban J connectivity index is 1.81. The normalized spacial score (nSPS) is 16.6. The van der Waals surface area contributed by atoms with Crippen LogP contribution in [0.3, 0.4) is 0 Å². The summed E-state index contributed by atoms with van der Waals surface area (Å²) in [7, 11) is 1.71. The molecule has 0 spiro atoms. The zero-order chi connectivity index (χ0) is 16.8. The minimum Gasteiger partial charge on any atom is -0.435 e. The van der Waals surface area contributed by atoms with Crippen molar-refractivity contribution >= 4 is 5.91 Å². The highest BCUT2D eigenvalue weighted by Gasteiger charge is 2.20. The first-order chi connectivity index (χ1) is 10.9. The van der Waals surface area contributed by atoms with Gasteiger partial charge in [-0.2, -0.15) is 8.78 Å². The van der Waals surface area contributed by atoms with Crippen LogP contribution >= 0.6 is 0 Å². The van der Waals surface area contributed by atoms with Crippen molar-refractivity contribution in [2.24, 2.45) is 0 Å². The second-order valence-electron chi connectivity index (χ2n) is 5.78. The van der Waals surface area contributed by atoms with Gasteiger partial charge in [0.2, 0.25) is 5.91 Å². The maximum Gasteiger partial charge on any atom is 0.387 e. The van der Waals surface area contributed by atoms with E-state index in [0.717, 1.165) is 18.7 Å². The third-order valence-corrected chi connectivity index (χ3v) is 3.91. The second kappa shape index (κ2) is 8.21. The Bertz CT molecular complexity index is 503. The van der Waals surface area contributed by atoms with Gasteiger partial charge in [0.15, 0.2) is 0 Å². The Kier molecular flexibility index (Phi) is 6.29. The molecule has 0 saturated carbocycles. The molecular formula is C16H22F2N2O3. The van der Waals surface area contributed by atoms with E-state index in [9.17, 15) is 18.7 Å². The molecule has 1 fully saturated rings. The van der Waals surface area contributed by atoms with E-state index in [2.05, 4.69) is 4.74 Å². The monoisotopic (exact) mass is 328 g/mol. The quantitative estimate of drug-likeness (QED) is 0.864. The van der Waals surface area contributed by atoms with Crippen LogP contribution in [-0.4, -0.2) is 60.2 Å². The fourth-order valence-corrected chi connectivity index (χ4v) is 2.53. The number of carbonyl (C=O) groups is 1. The summed E-state index contributed by atoms with van der Waals surface area (Å²) in [5.41, 5.74) is 0.844. The van der Waals surface area contributed by atoms with Gasteiger partial charge in [0.1, 0.15) is 5.75 Å². The number of carbonyl (C=O) groups excluding carboxylic acids is 1. The Morgan fingerprint density at radius 2 is 1.96 bits per heavy atom. The molecule has 7 heteroatoms. The average molecular weight is 328 g/mol. The highest BCUT2D eigenvalue weighted by molar-refractivity contribution is 5.78. The third kappa shape index (κ3) is 5.76. The lowest BCUT2D eigenvalue weighted by atomic mass is 10.1. The summed E-state index contributed by atoms with van der Waals surface area (Å²) in [5, 5.41) is 9.46. The molecule has 0 radical (unpaired) electrons. The van der Waals surface area contributed by atoms with Gasteiger partial charge in [0.05, 0.1) is 12.6 Å². The Labute approximate surface area is 134 Å². The number of piperidine rings is 1. The van der Waals surface area contributed by atoms with E-state index >= 15 is 0 Å². The molecule has 0 aliphatic carbocycles. The van der Waals surface area contributed by atoms with Crippen LogP contribution in [0.4, 0.5) is 8.78 Å². The molecule has 2 rings (SSSR count). The highest BCUT2D eigenvalue weighted by atomic mass is 19.3. The van der Waals surface area contributed by atoms with Crippen molar-refractivity contribution < 1.29 is 23.4 Å². The minimum absolute atomic E-state index is 0.00528. The Morgan fingerprint density at radius 3 is 2.52 bits per heavy atom. The standard InChI is InChI=1S/C16H22F2N2O3/c1-19(15(22)11-20-8-6-13(21)7-9-20)10-12-2-4-14(5-3-12)23-16(17)18/h2-5,13,16,21H,6-11H2,1H3. The number of likely N-dealkylation sites (tertiary alicyclic amines) is 1. The van der Waals surface area contributed by atoms with E-state index in [-0.39, 0.29) is 17.8 Å². The van der Waals surface area contributed by atoms with Crippen LogP contribution in [0.2, 0.25) is 0 Å². The number of aliphatic hydroxyl groups is 1. The molecule has 1 aromatic carbocycles. The molecule has 1 saturated heterocycles. The molecule has 23 heavy (non-hydrogen) atoms. The maximum atomic E-state index is 12.2. The van der Waals surface area contributed by atoms with Crippen molar-refractivity contribution in [3.8, 4) is 5.75 Å².